The molecule has 0 aliphatic carbocycles. The SMILES string of the molecule is Cl.N[C@@H](Cc1ccccc1)[C@H](O)Cc1ccccc1. The molecule has 0 bridgehead atoms. The van der Waals surface area contributed by atoms with Crippen molar-refractivity contribution >= 4 is 12.4 Å². The minimum Gasteiger partial charge on any atom is -0.391 e. The van der Waals surface area contributed by atoms with Crippen molar-refractivity contribution < 1.29 is 5.11 Å². The first-order chi connectivity index (χ1) is 8.75. The summed E-state index contributed by atoms with van der Waals surface area (Å²) in [6.45, 7) is 0. The highest BCUT2D eigenvalue weighted by Crippen LogP contribution is 2.09. The monoisotopic (exact) mass is 277 g/mol. The van der Waals surface area contributed by atoms with Crippen LogP contribution in [0.5, 0.6) is 0 Å². The Hall–Kier alpha value is -1.35. The largest absolute Gasteiger partial charge is 0.391 e. The molecule has 0 aromatic heterocycles. The van der Waals surface area contributed by atoms with Crippen molar-refractivity contribution in [1.29, 1.82) is 0 Å². The molecular formula is C16H20ClNO. The van der Waals surface area contributed by atoms with Crippen LogP contribution in [0.15, 0.2) is 60.7 Å². The second kappa shape index (κ2) is 7.95. The summed E-state index contributed by atoms with van der Waals surface area (Å²) >= 11 is 0. The highest BCUT2D eigenvalue weighted by Gasteiger charge is 2.15. The number of halogens is 1. The van der Waals surface area contributed by atoms with Gasteiger partial charge in [0.05, 0.1) is 6.10 Å². The topological polar surface area (TPSA) is 46.2 Å². The Labute approximate surface area is 120 Å². The highest BCUT2D eigenvalue weighted by molar-refractivity contribution is 5.85. The fraction of sp³-hybridized carbons (Fsp3) is 0.250. The third-order valence-electron chi connectivity index (χ3n) is 3.10. The van der Waals surface area contributed by atoms with Crippen molar-refractivity contribution in [3.8, 4) is 0 Å². The zero-order chi connectivity index (χ0) is 12.8. The molecule has 2 aromatic carbocycles. The first kappa shape index (κ1) is 15.7. The van der Waals surface area contributed by atoms with E-state index in [1.54, 1.807) is 0 Å². The standard InChI is InChI=1S/C16H19NO.ClH/c17-15(11-13-7-3-1-4-8-13)16(18)12-14-9-5-2-6-10-14;/h1-10,15-16,18H,11-12,17H2;1H/t15-,16+;/m0./s1. The molecule has 0 aliphatic rings. The molecule has 0 amide bonds. The van der Waals surface area contributed by atoms with Crippen LogP contribution in [0.3, 0.4) is 0 Å². The van der Waals surface area contributed by atoms with Crippen molar-refractivity contribution in [2.24, 2.45) is 5.73 Å². The van der Waals surface area contributed by atoms with E-state index in [0.29, 0.717) is 12.8 Å². The van der Waals surface area contributed by atoms with Crippen LogP contribution in [0.2, 0.25) is 0 Å². The van der Waals surface area contributed by atoms with Gasteiger partial charge in [0.25, 0.3) is 0 Å². The molecule has 3 N–H and O–H groups in total. The zero-order valence-electron chi connectivity index (χ0n) is 10.8. The number of hydrogen-bond donors (Lipinski definition) is 2. The summed E-state index contributed by atoms with van der Waals surface area (Å²) in [7, 11) is 0. The van der Waals surface area contributed by atoms with E-state index in [-0.39, 0.29) is 18.4 Å². The molecule has 0 fully saturated rings. The van der Waals surface area contributed by atoms with E-state index >= 15 is 0 Å². The highest BCUT2D eigenvalue weighted by atomic mass is 35.5. The molecule has 0 unspecified atom stereocenters. The summed E-state index contributed by atoms with van der Waals surface area (Å²) in [5.74, 6) is 0. The van der Waals surface area contributed by atoms with Crippen molar-refractivity contribution in [2.45, 2.75) is 25.0 Å². The third-order valence-corrected chi connectivity index (χ3v) is 3.10. The Bertz CT molecular complexity index is 415. The van der Waals surface area contributed by atoms with Crippen LogP contribution >= 0.6 is 12.4 Å². The lowest BCUT2D eigenvalue weighted by molar-refractivity contribution is 0.144. The van der Waals surface area contributed by atoms with Gasteiger partial charge in [-0.2, -0.15) is 0 Å². The molecule has 0 saturated heterocycles. The summed E-state index contributed by atoms with van der Waals surface area (Å²) < 4.78 is 0. The molecule has 2 atom stereocenters. The van der Waals surface area contributed by atoms with E-state index in [2.05, 4.69) is 0 Å². The zero-order valence-corrected chi connectivity index (χ0v) is 11.6. The number of benzene rings is 2. The first-order valence-electron chi connectivity index (χ1n) is 6.27. The van der Waals surface area contributed by atoms with Crippen LogP contribution < -0.4 is 5.73 Å². The molecule has 2 nitrogen and oxygen atoms in total. The molecular weight excluding hydrogens is 258 g/mol. The number of hydrogen-bond acceptors (Lipinski definition) is 2. The smallest absolute Gasteiger partial charge is 0.0734 e. The Morgan fingerprint density at radius 1 is 0.789 bits per heavy atom. The fourth-order valence-corrected chi connectivity index (χ4v) is 2.03. The van der Waals surface area contributed by atoms with Crippen LogP contribution in [-0.4, -0.2) is 17.3 Å². The van der Waals surface area contributed by atoms with Gasteiger partial charge in [0.2, 0.25) is 0 Å². The normalized spacial score (nSPS) is 13.4. The van der Waals surface area contributed by atoms with E-state index in [4.69, 9.17) is 5.73 Å². The van der Waals surface area contributed by atoms with Crippen LogP contribution in [0.25, 0.3) is 0 Å². The van der Waals surface area contributed by atoms with E-state index in [9.17, 15) is 5.11 Å². The lowest BCUT2D eigenvalue weighted by Crippen LogP contribution is -2.38. The van der Waals surface area contributed by atoms with Gasteiger partial charge < -0.3 is 10.8 Å². The summed E-state index contributed by atoms with van der Waals surface area (Å²) in [4.78, 5) is 0. The predicted molar refractivity (Wildman–Crippen MR) is 81.5 cm³/mol. The van der Waals surface area contributed by atoms with Crippen molar-refractivity contribution in [2.75, 3.05) is 0 Å². The molecule has 2 rings (SSSR count). The van der Waals surface area contributed by atoms with Gasteiger partial charge in [0, 0.05) is 6.04 Å². The Balaban J connectivity index is 0.00000180. The second-order valence-corrected chi connectivity index (χ2v) is 4.61. The summed E-state index contributed by atoms with van der Waals surface area (Å²) in [6.07, 6.45) is 0.802. The van der Waals surface area contributed by atoms with E-state index in [1.165, 1.54) is 0 Å². The van der Waals surface area contributed by atoms with Crippen molar-refractivity contribution in [3.05, 3.63) is 71.8 Å². The molecule has 19 heavy (non-hydrogen) atoms. The van der Waals surface area contributed by atoms with Gasteiger partial charge in [-0.25, -0.2) is 0 Å². The third kappa shape index (κ3) is 5.03. The number of rotatable bonds is 5. The molecule has 0 saturated carbocycles. The van der Waals surface area contributed by atoms with Gasteiger partial charge in [-0.1, -0.05) is 60.7 Å². The minimum atomic E-state index is -0.507. The van der Waals surface area contributed by atoms with Gasteiger partial charge in [-0.05, 0) is 24.0 Å². The van der Waals surface area contributed by atoms with Crippen molar-refractivity contribution in [1.82, 2.24) is 0 Å². The average Bonchev–Trinajstić information content (AvgIpc) is 2.41. The molecule has 0 aliphatic heterocycles. The van der Waals surface area contributed by atoms with Gasteiger partial charge in [-0.3, -0.25) is 0 Å². The Morgan fingerprint density at radius 3 is 1.68 bits per heavy atom. The van der Waals surface area contributed by atoms with E-state index in [0.717, 1.165) is 11.1 Å². The summed E-state index contributed by atoms with van der Waals surface area (Å²) in [5, 5.41) is 10.1. The maximum atomic E-state index is 10.1. The Kier molecular flexibility index (Phi) is 6.57. The molecule has 3 heteroatoms. The van der Waals surface area contributed by atoms with Gasteiger partial charge in [-0.15, -0.1) is 12.4 Å². The van der Waals surface area contributed by atoms with Crippen LogP contribution in [0.1, 0.15) is 11.1 Å². The van der Waals surface area contributed by atoms with E-state index < -0.39 is 6.10 Å². The number of aliphatic hydroxyl groups is 1. The molecule has 102 valence electrons. The van der Waals surface area contributed by atoms with Crippen LogP contribution in [0, 0.1) is 0 Å². The number of nitrogens with two attached hydrogens (primary N) is 1. The second-order valence-electron chi connectivity index (χ2n) is 4.61. The molecule has 2 aromatic rings. The van der Waals surface area contributed by atoms with Gasteiger partial charge in [0.1, 0.15) is 0 Å². The average molecular weight is 278 g/mol. The van der Waals surface area contributed by atoms with Crippen molar-refractivity contribution in [3.63, 3.8) is 0 Å². The lowest BCUT2D eigenvalue weighted by atomic mass is 9.97. The Morgan fingerprint density at radius 2 is 1.21 bits per heavy atom. The molecule has 0 heterocycles. The first-order valence-corrected chi connectivity index (χ1v) is 6.27. The lowest BCUT2D eigenvalue weighted by Gasteiger charge is -2.19. The number of aliphatic hydroxyl groups excluding tert-OH is 1. The van der Waals surface area contributed by atoms with Gasteiger partial charge >= 0.3 is 0 Å². The van der Waals surface area contributed by atoms with Crippen LogP contribution in [0.4, 0.5) is 0 Å². The maximum absolute atomic E-state index is 10.1. The quantitative estimate of drug-likeness (QED) is 0.882. The molecule has 0 spiro atoms. The maximum Gasteiger partial charge on any atom is 0.0734 e. The summed E-state index contributed by atoms with van der Waals surface area (Å²) in [5.41, 5.74) is 8.33. The summed E-state index contributed by atoms with van der Waals surface area (Å²) in [6, 6.07) is 19.8. The predicted octanol–water partition coefficient (Wildman–Crippen LogP) is 2.58. The van der Waals surface area contributed by atoms with Gasteiger partial charge in [0.15, 0.2) is 0 Å². The minimum absolute atomic E-state index is 0. The fourth-order valence-electron chi connectivity index (χ4n) is 2.03. The molecule has 0 radical (unpaired) electrons. The van der Waals surface area contributed by atoms with E-state index in [1.807, 2.05) is 60.7 Å². The van der Waals surface area contributed by atoms with Crippen LogP contribution in [-0.2, 0) is 12.8 Å².